The molecule has 1 unspecified atom stereocenters. The van der Waals surface area contributed by atoms with Gasteiger partial charge in [-0.3, -0.25) is 9.59 Å². The van der Waals surface area contributed by atoms with Crippen molar-refractivity contribution in [3.63, 3.8) is 0 Å². The molecule has 2 aromatic carbocycles. The number of ether oxygens (including phenoxy) is 1. The SMILES string of the molecule is CC(=O)OC(C=O)(c1ccc(Br)cc1)c1cccc(F)c1. The van der Waals surface area contributed by atoms with Gasteiger partial charge in [0.05, 0.1) is 0 Å². The highest BCUT2D eigenvalue weighted by molar-refractivity contribution is 9.10. The minimum atomic E-state index is -1.66. The van der Waals surface area contributed by atoms with Gasteiger partial charge in [0.15, 0.2) is 6.29 Å². The highest BCUT2D eigenvalue weighted by Gasteiger charge is 2.38. The van der Waals surface area contributed by atoms with Crippen molar-refractivity contribution in [2.75, 3.05) is 0 Å². The second-order valence-corrected chi connectivity index (χ2v) is 5.38. The van der Waals surface area contributed by atoms with Crippen molar-refractivity contribution in [1.29, 1.82) is 0 Å². The maximum atomic E-state index is 13.5. The number of hydrogen-bond acceptors (Lipinski definition) is 3. The Hall–Kier alpha value is -2.01. The number of aldehydes is 1. The summed E-state index contributed by atoms with van der Waals surface area (Å²) in [4.78, 5) is 23.2. The summed E-state index contributed by atoms with van der Waals surface area (Å²) in [5.41, 5.74) is -0.953. The molecule has 0 spiro atoms. The largest absolute Gasteiger partial charge is 0.442 e. The number of hydrogen-bond donors (Lipinski definition) is 0. The average Bonchev–Trinajstić information content (AvgIpc) is 2.45. The van der Waals surface area contributed by atoms with Gasteiger partial charge in [0.25, 0.3) is 0 Å². The molecule has 2 aromatic rings. The first-order valence-electron chi connectivity index (χ1n) is 6.16. The van der Waals surface area contributed by atoms with Crippen LogP contribution in [0.15, 0.2) is 53.0 Å². The first-order valence-corrected chi connectivity index (χ1v) is 6.95. The lowest BCUT2D eigenvalue weighted by Crippen LogP contribution is -2.35. The Morgan fingerprint density at radius 3 is 2.38 bits per heavy atom. The van der Waals surface area contributed by atoms with Crippen LogP contribution in [-0.2, 0) is 19.9 Å². The molecule has 1 atom stereocenters. The molecule has 0 N–H and O–H groups in total. The van der Waals surface area contributed by atoms with E-state index in [9.17, 15) is 14.0 Å². The van der Waals surface area contributed by atoms with Gasteiger partial charge in [-0.25, -0.2) is 4.39 Å². The standard InChI is InChI=1S/C16H12BrFO3/c1-11(20)21-16(10-19,12-5-7-14(17)8-6-12)13-3-2-4-15(18)9-13/h2-10H,1H3. The molecule has 0 aliphatic rings. The Balaban J connectivity index is 2.65. The van der Waals surface area contributed by atoms with Gasteiger partial charge in [-0.05, 0) is 24.3 Å². The van der Waals surface area contributed by atoms with Crippen molar-refractivity contribution in [2.45, 2.75) is 12.5 Å². The van der Waals surface area contributed by atoms with E-state index in [2.05, 4.69) is 15.9 Å². The smallest absolute Gasteiger partial charge is 0.304 e. The maximum absolute atomic E-state index is 13.5. The number of carbonyl (C=O) groups excluding carboxylic acids is 2. The van der Waals surface area contributed by atoms with E-state index in [1.165, 1.54) is 25.1 Å². The summed E-state index contributed by atoms with van der Waals surface area (Å²) >= 11 is 3.30. The summed E-state index contributed by atoms with van der Waals surface area (Å²) in [5, 5.41) is 0. The first-order chi connectivity index (χ1) is 9.98. The van der Waals surface area contributed by atoms with Crippen molar-refractivity contribution in [1.82, 2.24) is 0 Å². The summed E-state index contributed by atoms with van der Waals surface area (Å²) in [7, 11) is 0. The fourth-order valence-corrected chi connectivity index (χ4v) is 2.35. The van der Waals surface area contributed by atoms with Gasteiger partial charge in [-0.2, -0.15) is 0 Å². The van der Waals surface area contributed by atoms with Crippen LogP contribution in [0.3, 0.4) is 0 Å². The summed E-state index contributed by atoms with van der Waals surface area (Å²) in [6, 6.07) is 12.2. The quantitative estimate of drug-likeness (QED) is 0.625. The molecule has 0 aliphatic heterocycles. The van der Waals surface area contributed by atoms with Gasteiger partial charge < -0.3 is 4.74 Å². The first kappa shape index (κ1) is 15.4. The van der Waals surface area contributed by atoms with Crippen molar-refractivity contribution in [3.8, 4) is 0 Å². The molecule has 0 amide bonds. The fraction of sp³-hybridized carbons (Fsp3) is 0.125. The van der Waals surface area contributed by atoms with Crippen LogP contribution in [0.25, 0.3) is 0 Å². The summed E-state index contributed by atoms with van der Waals surface area (Å²) < 4.78 is 19.6. The van der Waals surface area contributed by atoms with Crippen LogP contribution in [0.5, 0.6) is 0 Å². The molecule has 0 aromatic heterocycles. The van der Waals surface area contributed by atoms with E-state index in [1.54, 1.807) is 30.3 Å². The summed E-state index contributed by atoms with van der Waals surface area (Å²) in [5.74, 6) is -1.14. The third kappa shape index (κ3) is 3.19. The third-order valence-electron chi connectivity index (χ3n) is 3.00. The zero-order valence-electron chi connectivity index (χ0n) is 11.2. The maximum Gasteiger partial charge on any atom is 0.304 e. The van der Waals surface area contributed by atoms with Crippen LogP contribution in [0.1, 0.15) is 18.1 Å². The van der Waals surface area contributed by atoms with E-state index in [1.807, 2.05) is 0 Å². The highest BCUT2D eigenvalue weighted by Crippen LogP contribution is 2.33. The van der Waals surface area contributed by atoms with E-state index in [-0.39, 0.29) is 5.56 Å². The zero-order valence-corrected chi connectivity index (χ0v) is 12.8. The predicted octanol–water partition coefficient (Wildman–Crippen LogP) is 3.59. The molecule has 3 nitrogen and oxygen atoms in total. The minimum Gasteiger partial charge on any atom is -0.442 e. The summed E-state index contributed by atoms with van der Waals surface area (Å²) in [6.07, 6.45) is 0.506. The van der Waals surface area contributed by atoms with E-state index in [0.717, 1.165) is 4.47 Å². The van der Waals surface area contributed by atoms with Crippen molar-refractivity contribution >= 4 is 28.2 Å². The Morgan fingerprint density at radius 1 is 1.19 bits per heavy atom. The van der Waals surface area contributed by atoms with Gasteiger partial charge in [0, 0.05) is 22.5 Å². The van der Waals surface area contributed by atoms with E-state index in [4.69, 9.17) is 4.74 Å². The second kappa shape index (κ2) is 6.18. The minimum absolute atomic E-state index is 0.259. The van der Waals surface area contributed by atoms with Crippen LogP contribution in [-0.4, -0.2) is 12.3 Å². The molecular weight excluding hydrogens is 339 g/mol. The summed E-state index contributed by atoms with van der Waals surface area (Å²) in [6.45, 7) is 1.20. The lowest BCUT2D eigenvalue weighted by molar-refractivity contribution is -0.157. The second-order valence-electron chi connectivity index (χ2n) is 4.46. The normalized spacial score (nSPS) is 13.3. The molecular formula is C16H12BrFO3. The Kier molecular flexibility index (Phi) is 4.53. The van der Waals surface area contributed by atoms with Crippen molar-refractivity contribution in [2.24, 2.45) is 0 Å². The zero-order chi connectivity index (χ0) is 15.5. The number of benzene rings is 2. The number of rotatable bonds is 4. The molecule has 0 heterocycles. The van der Waals surface area contributed by atoms with Gasteiger partial charge in [0.2, 0.25) is 5.60 Å². The number of halogens is 2. The Morgan fingerprint density at radius 2 is 1.86 bits per heavy atom. The molecule has 108 valence electrons. The van der Waals surface area contributed by atoms with Crippen LogP contribution in [0.4, 0.5) is 4.39 Å². The molecule has 0 saturated heterocycles. The molecule has 0 radical (unpaired) electrons. The number of esters is 1. The van der Waals surface area contributed by atoms with Crippen LogP contribution >= 0.6 is 15.9 Å². The van der Waals surface area contributed by atoms with Gasteiger partial charge in [-0.15, -0.1) is 0 Å². The van der Waals surface area contributed by atoms with Crippen LogP contribution in [0, 0.1) is 5.82 Å². The predicted molar refractivity (Wildman–Crippen MR) is 79.2 cm³/mol. The average molecular weight is 351 g/mol. The van der Waals surface area contributed by atoms with Gasteiger partial charge in [-0.1, -0.05) is 40.2 Å². The lowest BCUT2D eigenvalue weighted by Gasteiger charge is -2.28. The molecule has 5 heteroatoms. The Labute approximate surface area is 129 Å². The molecule has 0 aliphatic carbocycles. The number of carbonyl (C=O) groups is 2. The Bertz CT molecular complexity index is 669. The molecule has 2 rings (SSSR count). The monoisotopic (exact) mass is 350 g/mol. The lowest BCUT2D eigenvalue weighted by atomic mass is 9.87. The van der Waals surface area contributed by atoms with E-state index in [0.29, 0.717) is 11.8 Å². The molecule has 0 bridgehead atoms. The molecule has 0 saturated carbocycles. The van der Waals surface area contributed by atoms with Crippen molar-refractivity contribution < 1.29 is 18.7 Å². The van der Waals surface area contributed by atoms with Gasteiger partial charge in [0.1, 0.15) is 5.82 Å². The van der Waals surface area contributed by atoms with E-state index < -0.39 is 17.4 Å². The molecule has 21 heavy (non-hydrogen) atoms. The third-order valence-corrected chi connectivity index (χ3v) is 3.53. The van der Waals surface area contributed by atoms with Crippen molar-refractivity contribution in [3.05, 3.63) is 69.9 Å². The van der Waals surface area contributed by atoms with Crippen LogP contribution in [0.2, 0.25) is 0 Å². The van der Waals surface area contributed by atoms with E-state index >= 15 is 0 Å². The molecule has 0 fully saturated rings. The highest BCUT2D eigenvalue weighted by atomic mass is 79.9. The van der Waals surface area contributed by atoms with Crippen LogP contribution < -0.4 is 0 Å². The topological polar surface area (TPSA) is 43.4 Å². The van der Waals surface area contributed by atoms with Gasteiger partial charge >= 0.3 is 5.97 Å². The fourth-order valence-electron chi connectivity index (χ4n) is 2.09.